The van der Waals surface area contributed by atoms with Gasteiger partial charge >= 0.3 is 0 Å². The van der Waals surface area contributed by atoms with Crippen LogP contribution < -0.4 is 5.32 Å². The average Bonchev–Trinajstić information content (AvgIpc) is 2.79. The van der Waals surface area contributed by atoms with Crippen molar-refractivity contribution in [1.29, 1.82) is 0 Å². The van der Waals surface area contributed by atoms with Gasteiger partial charge in [0.05, 0.1) is 0 Å². The van der Waals surface area contributed by atoms with E-state index in [1.807, 2.05) is 20.8 Å². The minimum Gasteiger partial charge on any atom is -0.350 e. The number of amides is 1. The van der Waals surface area contributed by atoms with Gasteiger partial charge in [-0.15, -0.1) is 0 Å². The molecule has 0 spiro atoms. The number of aromatic nitrogens is 1. The molecule has 0 saturated carbocycles. The third-order valence-electron chi connectivity index (χ3n) is 3.03. The van der Waals surface area contributed by atoms with Gasteiger partial charge in [-0.2, -0.15) is 0 Å². The Morgan fingerprint density at radius 2 is 2.11 bits per heavy atom. The van der Waals surface area contributed by atoms with Gasteiger partial charge in [-0.1, -0.05) is 20.3 Å². The first-order valence-electron chi connectivity index (χ1n) is 6.22. The highest BCUT2D eigenvalue weighted by molar-refractivity contribution is 8.13. The van der Waals surface area contributed by atoms with Crippen molar-refractivity contribution in [1.82, 2.24) is 9.88 Å². The van der Waals surface area contributed by atoms with E-state index in [1.165, 1.54) is 12.3 Å². The predicted molar refractivity (Wildman–Crippen MR) is 74.9 cm³/mol. The molecule has 0 aromatic carbocycles. The van der Waals surface area contributed by atoms with Crippen LogP contribution in [0.25, 0.3) is 0 Å². The molecule has 0 fully saturated rings. The number of rotatable bonds is 6. The normalized spacial score (nSPS) is 13.3. The number of hydrogen-bond donors (Lipinski definition) is 1. The summed E-state index contributed by atoms with van der Waals surface area (Å²) in [6, 6.07) is 1.30. The molecule has 7 heteroatoms. The van der Waals surface area contributed by atoms with Crippen molar-refractivity contribution in [3.63, 3.8) is 0 Å². The third kappa shape index (κ3) is 4.24. The molecular weight excluding hydrogens is 288 g/mol. The monoisotopic (exact) mass is 306 g/mol. The van der Waals surface area contributed by atoms with E-state index in [9.17, 15) is 13.2 Å². The molecule has 1 aromatic heterocycles. The van der Waals surface area contributed by atoms with Crippen molar-refractivity contribution in [3.05, 3.63) is 18.0 Å². The van der Waals surface area contributed by atoms with Crippen molar-refractivity contribution in [2.45, 2.75) is 38.6 Å². The molecule has 0 radical (unpaired) electrons. The van der Waals surface area contributed by atoms with Crippen LogP contribution in [0.2, 0.25) is 0 Å². The van der Waals surface area contributed by atoms with Crippen molar-refractivity contribution < 1.29 is 13.2 Å². The topological polar surface area (TPSA) is 68.2 Å². The molecule has 1 aromatic rings. The zero-order valence-corrected chi connectivity index (χ0v) is 12.9. The number of halogens is 1. The molecule has 1 unspecified atom stereocenters. The molecule has 1 rings (SSSR count). The van der Waals surface area contributed by atoms with E-state index in [4.69, 9.17) is 10.7 Å². The summed E-state index contributed by atoms with van der Waals surface area (Å²) in [6.07, 6.45) is 2.34. The Labute approximate surface area is 118 Å². The summed E-state index contributed by atoms with van der Waals surface area (Å²) in [5, 5.41) is 2.79. The van der Waals surface area contributed by atoms with Crippen LogP contribution >= 0.6 is 10.7 Å². The quantitative estimate of drug-likeness (QED) is 0.819. The van der Waals surface area contributed by atoms with Gasteiger partial charge < -0.3 is 9.88 Å². The maximum atomic E-state index is 12.0. The Morgan fingerprint density at radius 1 is 1.47 bits per heavy atom. The maximum Gasteiger partial charge on any atom is 0.267 e. The zero-order chi connectivity index (χ0) is 14.6. The van der Waals surface area contributed by atoms with Crippen molar-refractivity contribution in [3.8, 4) is 0 Å². The first-order valence-corrected chi connectivity index (χ1v) is 8.53. The fourth-order valence-corrected chi connectivity index (χ4v) is 2.33. The summed E-state index contributed by atoms with van der Waals surface area (Å²) < 4.78 is 24.1. The van der Waals surface area contributed by atoms with Gasteiger partial charge in [0.25, 0.3) is 15.0 Å². The molecule has 0 aliphatic heterocycles. The van der Waals surface area contributed by atoms with E-state index >= 15 is 0 Å². The van der Waals surface area contributed by atoms with Crippen LogP contribution in [-0.2, 0) is 15.6 Å². The van der Waals surface area contributed by atoms with Crippen molar-refractivity contribution in [2.24, 2.45) is 5.92 Å². The van der Waals surface area contributed by atoms with Gasteiger partial charge in [0.1, 0.15) is 10.6 Å². The highest BCUT2D eigenvalue weighted by atomic mass is 35.7. The lowest BCUT2D eigenvalue weighted by Crippen LogP contribution is -2.29. The largest absolute Gasteiger partial charge is 0.350 e. The molecule has 0 bridgehead atoms. The van der Waals surface area contributed by atoms with Crippen molar-refractivity contribution in [2.75, 3.05) is 6.54 Å². The summed E-state index contributed by atoms with van der Waals surface area (Å²) in [6.45, 7) is 6.97. The molecule has 108 valence electrons. The maximum absolute atomic E-state index is 12.0. The predicted octanol–water partition coefficient (Wildman–Crippen LogP) is 2.21. The van der Waals surface area contributed by atoms with Crippen LogP contribution in [0.3, 0.4) is 0 Å². The molecule has 1 amide bonds. The van der Waals surface area contributed by atoms with E-state index < -0.39 is 9.05 Å². The first kappa shape index (κ1) is 16.0. The van der Waals surface area contributed by atoms with E-state index in [0.29, 0.717) is 24.7 Å². The Morgan fingerprint density at radius 3 is 2.58 bits per heavy atom. The molecule has 5 nitrogen and oxygen atoms in total. The van der Waals surface area contributed by atoms with Gasteiger partial charge in [-0.3, -0.25) is 4.79 Å². The molecule has 1 atom stereocenters. The lowest BCUT2D eigenvalue weighted by atomic mass is 10.1. The zero-order valence-electron chi connectivity index (χ0n) is 11.3. The van der Waals surface area contributed by atoms with E-state index in [0.717, 1.165) is 6.42 Å². The minimum atomic E-state index is -3.81. The highest BCUT2D eigenvalue weighted by Gasteiger charge is 2.19. The second-order valence-corrected chi connectivity index (χ2v) is 7.07. The van der Waals surface area contributed by atoms with Gasteiger partial charge in [-0.05, 0) is 18.9 Å². The number of carbonyl (C=O) groups excluding carboxylic acids is 1. The number of aryl methyl sites for hydroxylation is 1. The summed E-state index contributed by atoms with van der Waals surface area (Å²) in [7, 11) is 1.47. The minimum absolute atomic E-state index is 0.0512. The number of nitrogens with one attached hydrogen (secondary N) is 1. The molecular formula is C12H19ClN2O3S. The van der Waals surface area contributed by atoms with Gasteiger partial charge in [0.15, 0.2) is 0 Å². The standard InChI is InChI=1S/C12H19ClN2O3S/c1-4-9(3)7-14-12(16)11-6-10(19(13,17)18)8-15(11)5-2/h6,8-9H,4-5,7H2,1-3H3,(H,14,16). The lowest BCUT2D eigenvalue weighted by molar-refractivity contribution is 0.0938. The van der Waals surface area contributed by atoms with E-state index in [-0.39, 0.29) is 10.8 Å². The summed E-state index contributed by atoms with van der Waals surface area (Å²) >= 11 is 0. The molecule has 19 heavy (non-hydrogen) atoms. The number of hydrogen-bond acceptors (Lipinski definition) is 3. The van der Waals surface area contributed by atoms with Gasteiger partial charge in [0, 0.05) is 30.0 Å². The Hall–Kier alpha value is -1.01. The summed E-state index contributed by atoms with van der Waals surface area (Å²) in [5.74, 6) is 0.0962. The average molecular weight is 307 g/mol. The molecule has 0 aliphatic carbocycles. The van der Waals surface area contributed by atoms with Gasteiger partial charge in [0.2, 0.25) is 0 Å². The summed E-state index contributed by atoms with van der Waals surface area (Å²) in [5.41, 5.74) is 0.310. The van der Waals surface area contributed by atoms with Crippen LogP contribution in [0.15, 0.2) is 17.2 Å². The fourth-order valence-electron chi connectivity index (χ4n) is 1.57. The van der Waals surface area contributed by atoms with E-state index in [2.05, 4.69) is 5.32 Å². The second-order valence-electron chi connectivity index (χ2n) is 4.51. The number of carbonyl (C=O) groups is 1. The molecule has 1 N–H and O–H groups in total. The summed E-state index contributed by atoms with van der Waals surface area (Å²) in [4.78, 5) is 12.0. The Bertz CT molecular complexity index is 551. The molecule has 1 heterocycles. The van der Waals surface area contributed by atoms with Crippen LogP contribution in [0.5, 0.6) is 0 Å². The highest BCUT2D eigenvalue weighted by Crippen LogP contribution is 2.18. The van der Waals surface area contributed by atoms with Crippen LogP contribution in [0, 0.1) is 5.92 Å². The fraction of sp³-hybridized carbons (Fsp3) is 0.583. The third-order valence-corrected chi connectivity index (χ3v) is 4.36. The van der Waals surface area contributed by atoms with Crippen LogP contribution in [0.1, 0.15) is 37.7 Å². The van der Waals surface area contributed by atoms with Crippen molar-refractivity contribution >= 4 is 25.6 Å². The number of nitrogens with zero attached hydrogens (tertiary/aromatic N) is 1. The smallest absolute Gasteiger partial charge is 0.267 e. The van der Waals surface area contributed by atoms with Crippen LogP contribution in [0.4, 0.5) is 0 Å². The lowest BCUT2D eigenvalue weighted by Gasteiger charge is -2.11. The molecule has 0 saturated heterocycles. The van der Waals surface area contributed by atoms with Gasteiger partial charge in [-0.25, -0.2) is 8.42 Å². The molecule has 0 aliphatic rings. The SMILES string of the molecule is CCC(C)CNC(=O)c1cc(S(=O)(=O)Cl)cn1CC. The van der Waals surface area contributed by atoms with Crippen LogP contribution in [-0.4, -0.2) is 25.4 Å². The Balaban J connectivity index is 2.93. The Kier molecular flexibility index (Phi) is 5.43. The first-order chi connectivity index (χ1) is 8.79. The second kappa shape index (κ2) is 6.43. The van der Waals surface area contributed by atoms with E-state index in [1.54, 1.807) is 4.57 Å².